The Balaban J connectivity index is 2.01. The van der Waals surface area contributed by atoms with E-state index < -0.39 is 0 Å². The third-order valence-corrected chi connectivity index (χ3v) is 3.95. The van der Waals surface area contributed by atoms with Gasteiger partial charge in [-0.1, -0.05) is 19.9 Å². The number of hydrogen-bond donors (Lipinski definition) is 3. The van der Waals surface area contributed by atoms with E-state index in [1.165, 1.54) is 6.20 Å². The van der Waals surface area contributed by atoms with Crippen LogP contribution in [-0.2, 0) is 10.2 Å². The van der Waals surface area contributed by atoms with Crippen LogP contribution in [-0.4, -0.2) is 33.0 Å². The summed E-state index contributed by atoms with van der Waals surface area (Å²) in [5.41, 5.74) is 3.21. The van der Waals surface area contributed by atoms with Crippen molar-refractivity contribution < 1.29 is 9.90 Å². The summed E-state index contributed by atoms with van der Waals surface area (Å²) in [7, 11) is 0. The number of benzene rings is 1. The van der Waals surface area contributed by atoms with E-state index in [0.29, 0.717) is 24.3 Å². The number of pyridine rings is 1. The van der Waals surface area contributed by atoms with Gasteiger partial charge >= 0.3 is 0 Å². The Labute approximate surface area is 133 Å². The number of amides is 1. The van der Waals surface area contributed by atoms with E-state index in [0.717, 1.165) is 16.6 Å². The topological polar surface area (TPSA) is 90.9 Å². The molecular weight excluding hydrogens is 292 g/mol. The highest BCUT2D eigenvalue weighted by atomic mass is 16.3. The summed E-state index contributed by atoms with van der Waals surface area (Å²) in [4.78, 5) is 22.1. The standard InChI is InChI=1S/C17H18N4O2/c1-17(2,9-19-10-22)11-3-4-13-14(7-11)21-16(20-13)12-5-6-18-8-15(12)23/h3-8,10,23H,9H2,1-2H3,(H,19,22)(H,20,21). The number of aromatic nitrogens is 3. The molecule has 3 N–H and O–H groups in total. The molecule has 2 aromatic heterocycles. The van der Waals surface area contributed by atoms with Crippen molar-refractivity contribution in [2.45, 2.75) is 19.3 Å². The van der Waals surface area contributed by atoms with Gasteiger partial charge in [0, 0.05) is 18.2 Å². The Kier molecular flexibility index (Phi) is 3.73. The number of aromatic amines is 1. The van der Waals surface area contributed by atoms with Gasteiger partial charge in [-0.3, -0.25) is 9.78 Å². The predicted octanol–water partition coefficient (Wildman–Crippen LogP) is 2.35. The summed E-state index contributed by atoms with van der Waals surface area (Å²) in [6.07, 6.45) is 3.71. The average molecular weight is 310 g/mol. The van der Waals surface area contributed by atoms with Crippen molar-refractivity contribution in [1.82, 2.24) is 20.3 Å². The Bertz CT molecular complexity index is 855. The lowest BCUT2D eigenvalue weighted by atomic mass is 9.84. The molecule has 6 heteroatoms. The Hall–Kier alpha value is -2.89. The lowest BCUT2D eigenvalue weighted by Gasteiger charge is -2.24. The number of imidazole rings is 1. The Morgan fingerprint density at radius 1 is 1.35 bits per heavy atom. The van der Waals surface area contributed by atoms with E-state index in [4.69, 9.17) is 0 Å². The number of fused-ring (bicyclic) bond motifs is 1. The Morgan fingerprint density at radius 2 is 2.17 bits per heavy atom. The van der Waals surface area contributed by atoms with Crippen LogP contribution in [0.15, 0.2) is 36.7 Å². The maximum Gasteiger partial charge on any atom is 0.207 e. The van der Waals surface area contributed by atoms with Crippen LogP contribution in [0.25, 0.3) is 22.4 Å². The summed E-state index contributed by atoms with van der Waals surface area (Å²) < 4.78 is 0. The summed E-state index contributed by atoms with van der Waals surface area (Å²) in [6, 6.07) is 7.68. The molecule has 0 aliphatic carbocycles. The molecule has 2 heterocycles. The molecule has 0 fully saturated rings. The highest BCUT2D eigenvalue weighted by Crippen LogP contribution is 2.30. The van der Waals surface area contributed by atoms with E-state index in [-0.39, 0.29) is 11.2 Å². The number of aromatic hydroxyl groups is 1. The van der Waals surface area contributed by atoms with Gasteiger partial charge < -0.3 is 15.4 Å². The molecule has 3 rings (SSSR count). The number of carbonyl (C=O) groups excluding carboxylic acids is 1. The van der Waals surface area contributed by atoms with Gasteiger partial charge in [-0.15, -0.1) is 0 Å². The van der Waals surface area contributed by atoms with Crippen molar-refractivity contribution in [2.75, 3.05) is 6.54 Å². The molecule has 0 atom stereocenters. The fraction of sp³-hybridized carbons (Fsp3) is 0.235. The van der Waals surface area contributed by atoms with Crippen LogP contribution >= 0.6 is 0 Å². The van der Waals surface area contributed by atoms with Crippen molar-refractivity contribution in [1.29, 1.82) is 0 Å². The second-order valence-corrected chi connectivity index (χ2v) is 6.09. The fourth-order valence-corrected chi connectivity index (χ4v) is 2.54. The van der Waals surface area contributed by atoms with Crippen LogP contribution in [0.1, 0.15) is 19.4 Å². The predicted molar refractivity (Wildman–Crippen MR) is 88.1 cm³/mol. The van der Waals surface area contributed by atoms with Crippen LogP contribution in [0, 0.1) is 0 Å². The highest BCUT2D eigenvalue weighted by Gasteiger charge is 2.21. The van der Waals surface area contributed by atoms with E-state index in [1.807, 2.05) is 18.2 Å². The first-order chi connectivity index (χ1) is 11.0. The lowest BCUT2D eigenvalue weighted by Crippen LogP contribution is -2.32. The molecule has 0 unspecified atom stereocenters. The van der Waals surface area contributed by atoms with Crippen molar-refractivity contribution in [3.05, 3.63) is 42.2 Å². The third-order valence-electron chi connectivity index (χ3n) is 3.95. The van der Waals surface area contributed by atoms with Gasteiger partial charge in [-0.05, 0) is 23.8 Å². The molecule has 0 spiro atoms. The average Bonchev–Trinajstić information content (AvgIpc) is 2.96. The molecule has 23 heavy (non-hydrogen) atoms. The molecule has 118 valence electrons. The first-order valence-corrected chi connectivity index (χ1v) is 7.32. The molecule has 0 aliphatic rings. The van der Waals surface area contributed by atoms with Crippen molar-refractivity contribution in [3.63, 3.8) is 0 Å². The van der Waals surface area contributed by atoms with Crippen LogP contribution in [0.5, 0.6) is 5.75 Å². The number of nitrogens with zero attached hydrogens (tertiary/aromatic N) is 2. The van der Waals surface area contributed by atoms with E-state index in [2.05, 4.69) is 34.1 Å². The second-order valence-electron chi connectivity index (χ2n) is 6.09. The molecule has 0 saturated carbocycles. The molecular formula is C17H18N4O2. The number of H-pyrrole nitrogens is 1. The van der Waals surface area contributed by atoms with E-state index >= 15 is 0 Å². The van der Waals surface area contributed by atoms with Crippen LogP contribution in [0.4, 0.5) is 0 Å². The maximum absolute atomic E-state index is 10.5. The number of hydrogen-bond acceptors (Lipinski definition) is 4. The minimum Gasteiger partial charge on any atom is -0.506 e. The molecule has 0 radical (unpaired) electrons. The van der Waals surface area contributed by atoms with E-state index in [1.54, 1.807) is 12.3 Å². The molecule has 3 aromatic rings. The van der Waals surface area contributed by atoms with Crippen LogP contribution < -0.4 is 5.32 Å². The molecule has 0 bridgehead atoms. The number of nitrogens with one attached hydrogen (secondary N) is 2. The maximum atomic E-state index is 10.5. The number of carbonyl (C=O) groups is 1. The molecule has 0 aliphatic heterocycles. The largest absolute Gasteiger partial charge is 0.506 e. The zero-order chi connectivity index (χ0) is 16.4. The van der Waals surface area contributed by atoms with Crippen LogP contribution in [0.2, 0.25) is 0 Å². The summed E-state index contributed by atoms with van der Waals surface area (Å²) >= 11 is 0. The highest BCUT2D eigenvalue weighted by molar-refractivity contribution is 5.81. The summed E-state index contributed by atoms with van der Waals surface area (Å²) in [5, 5.41) is 12.6. The second kappa shape index (κ2) is 5.72. The van der Waals surface area contributed by atoms with Gasteiger partial charge in [0.25, 0.3) is 0 Å². The summed E-state index contributed by atoms with van der Waals surface area (Å²) in [6.45, 7) is 4.68. The van der Waals surface area contributed by atoms with Gasteiger partial charge in [0.15, 0.2) is 0 Å². The van der Waals surface area contributed by atoms with Crippen molar-refractivity contribution in [2.24, 2.45) is 0 Å². The normalized spacial score (nSPS) is 11.6. The van der Waals surface area contributed by atoms with Crippen LogP contribution in [0.3, 0.4) is 0 Å². The van der Waals surface area contributed by atoms with Gasteiger partial charge in [0.2, 0.25) is 6.41 Å². The third kappa shape index (κ3) is 2.88. The van der Waals surface area contributed by atoms with Crippen molar-refractivity contribution >= 4 is 17.4 Å². The zero-order valence-electron chi connectivity index (χ0n) is 13.0. The van der Waals surface area contributed by atoms with Gasteiger partial charge in [-0.2, -0.15) is 0 Å². The van der Waals surface area contributed by atoms with Gasteiger partial charge in [0.05, 0.1) is 22.8 Å². The molecule has 1 aromatic carbocycles. The van der Waals surface area contributed by atoms with E-state index in [9.17, 15) is 9.90 Å². The van der Waals surface area contributed by atoms with Gasteiger partial charge in [-0.25, -0.2) is 4.98 Å². The SMILES string of the molecule is CC(C)(CNC=O)c1ccc2nc(-c3ccncc3O)[nH]c2c1. The van der Waals surface area contributed by atoms with Gasteiger partial charge in [0.1, 0.15) is 11.6 Å². The summed E-state index contributed by atoms with van der Waals surface area (Å²) in [5.74, 6) is 0.683. The Morgan fingerprint density at radius 3 is 2.91 bits per heavy atom. The monoisotopic (exact) mass is 310 g/mol. The molecule has 1 amide bonds. The first kappa shape index (κ1) is 15.0. The minimum absolute atomic E-state index is 0.0855. The molecule has 6 nitrogen and oxygen atoms in total. The van der Waals surface area contributed by atoms with Crippen molar-refractivity contribution in [3.8, 4) is 17.1 Å². The number of rotatable bonds is 5. The minimum atomic E-state index is -0.195. The zero-order valence-corrected chi connectivity index (χ0v) is 13.0. The lowest BCUT2D eigenvalue weighted by molar-refractivity contribution is -0.109. The fourth-order valence-electron chi connectivity index (χ4n) is 2.54. The smallest absolute Gasteiger partial charge is 0.207 e. The first-order valence-electron chi connectivity index (χ1n) is 7.32. The quantitative estimate of drug-likeness (QED) is 0.631. The molecule has 0 saturated heterocycles.